The molecule has 0 radical (unpaired) electrons. The van der Waals surface area contributed by atoms with E-state index in [1.165, 1.54) is 6.20 Å². The molecule has 1 unspecified atom stereocenters. The van der Waals surface area contributed by atoms with Gasteiger partial charge in [-0.05, 0) is 58.2 Å². The summed E-state index contributed by atoms with van der Waals surface area (Å²) in [5.74, 6) is 0.508. The molecule has 1 saturated heterocycles. The molecule has 0 spiro atoms. The number of benzene rings is 1. The number of allylic oxidation sites excluding steroid dienone is 1. The first-order chi connectivity index (χ1) is 14.1. The van der Waals surface area contributed by atoms with Crippen molar-refractivity contribution in [3.8, 4) is 11.8 Å². The van der Waals surface area contributed by atoms with Crippen molar-refractivity contribution in [1.82, 2.24) is 4.90 Å². The van der Waals surface area contributed by atoms with E-state index in [1.54, 1.807) is 30.0 Å². The van der Waals surface area contributed by atoms with Crippen LogP contribution in [0.1, 0.15) is 51.7 Å². The molecule has 1 aliphatic heterocycles. The minimum Gasteiger partial charge on any atom is -0.489 e. The summed E-state index contributed by atoms with van der Waals surface area (Å²) in [7, 11) is 0. The summed E-state index contributed by atoms with van der Waals surface area (Å²) < 4.78 is 11.5. The number of nitrogens with zero attached hydrogens (tertiary/aromatic N) is 3. The number of carbonyl (C=O) groups is 1. The van der Waals surface area contributed by atoms with Crippen LogP contribution in [0.4, 0.5) is 4.79 Å². The zero-order valence-corrected chi connectivity index (χ0v) is 18.1. The van der Waals surface area contributed by atoms with Gasteiger partial charge in [-0.3, -0.25) is 4.99 Å². The summed E-state index contributed by atoms with van der Waals surface area (Å²) in [4.78, 5) is 18.2. The number of nitrogens with two attached hydrogens (primary N) is 2. The van der Waals surface area contributed by atoms with Gasteiger partial charge in [-0.15, -0.1) is 0 Å². The monoisotopic (exact) mass is 413 g/mol. The van der Waals surface area contributed by atoms with Gasteiger partial charge in [0.05, 0.1) is 17.4 Å². The normalized spacial score (nSPS) is 16.9. The lowest BCUT2D eigenvalue weighted by Crippen LogP contribution is -2.44. The van der Waals surface area contributed by atoms with Crippen LogP contribution in [0.15, 0.2) is 35.5 Å². The predicted molar refractivity (Wildman–Crippen MR) is 116 cm³/mol. The molecule has 162 valence electrons. The van der Waals surface area contributed by atoms with Crippen molar-refractivity contribution in [2.75, 3.05) is 13.1 Å². The van der Waals surface area contributed by atoms with E-state index in [0.29, 0.717) is 43.0 Å². The molecule has 2 rings (SSSR count). The first-order valence-corrected chi connectivity index (χ1v) is 10.0. The summed E-state index contributed by atoms with van der Waals surface area (Å²) in [5.41, 5.74) is 12.5. The van der Waals surface area contributed by atoms with Crippen LogP contribution in [-0.2, 0) is 4.74 Å². The lowest BCUT2D eigenvalue weighted by Gasteiger charge is -2.33. The minimum absolute atomic E-state index is 0.0808. The fourth-order valence-electron chi connectivity index (χ4n) is 3.07. The molecular formula is C22H31N5O3. The van der Waals surface area contributed by atoms with Crippen LogP contribution in [0.5, 0.6) is 5.75 Å². The van der Waals surface area contributed by atoms with Crippen molar-refractivity contribution >= 4 is 11.8 Å². The average Bonchev–Trinajstić information content (AvgIpc) is 2.67. The van der Waals surface area contributed by atoms with Gasteiger partial charge >= 0.3 is 6.09 Å². The van der Waals surface area contributed by atoms with Crippen LogP contribution in [0, 0.1) is 11.3 Å². The van der Waals surface area contributed by atoms with E-state index in [-0.39, 0.29) is 12.2 Å². The maximum absolute atomic E-state index is 12.2. The molecule has 1 amide bonds. The molecule has 0 saturated carbocycles. The predicted octanol–water partition coefficient (Wildman–Crippen LogP) is 2.90. The maximum Gasteiger partial charge on any atom is 0.410 e. The van der Waals surface area contributed by atoms with Gasteiger partial charge in [-0.1, -0.05) is 0 Å². The average molecular weight is 414 g/mol. The minimum atomic E-state index is -0.517. The second-order valence-electron chi connectivity index (χ2n) is 8.22. The van der Waals surface area contributed by atoms with Crippen molar-refractivity contribution in [3.05, 3.63) is 41.6 Å². The van der Waals surface area contributed by atoms with Crippen molar-refractivity contribution in [2.24, 2.45) is 16.5 Å². The number of amides is 1. The second kappa shape index (κ2) is 10.1. The van der Waals surface area contributed by atoms with Gasteiger partial charge in [0.1, 0.15) is 23.5 Å². The van der Waals surface area contributed by atoms with E-state index in [9.17, 15) is 10.1 Å². The van der Waals surface area contributed by atoms with Crippen molar-refractivity contribution < 1.29 is 14.3 Å². The zero-order valence-electron chi connectivity index (χ0n) is 18.1. The number of ether oxygens (including phenoxy) is 2. The molecule has 0 aromatic heterocycles. The third kappa shape index (κ3) is 6.78. The molecule has 1 aliphatic rings. The summed E-state index contributed by atoms with van der Waals surface area (Å²) in [6.07, 6.45) is 3.58. The number of nitriles is 1. The summed E-state index contributed by atoms with van der Waals surface area (Å²) in [6, 6.07) is 7.48. The highest BCUT2D eigenvalue weighted by Crippen LogP contribution is 2.25. The van der Waals surface area contributed by atoms with E-state index in [1.807, 2.05) is 26.8 Å². The number of hydrogen-bond donors (Lipinski definition) is 2. The third-order valence-corrected chi connectivity index (χ3v) is 4.38. The lowest BCUT2D eigenvalue weighted by molar-refractivity contribution is 0.0126. The van der Waals surface area contributed by atoms with Crippen molar-refractivity contribution in [2.45, 2.75) is 58.4 Å². The summed E-state index contributed by atoms with van der Waals surface area (Å²) in [5, 5.41) is 9.58. The molecule has 1 fully saturated rings. The first kappa shape index (κ1) is 23.2. The van der Waals surface area contributed by atoms with Crippen LogP contribution in [-0.4, -0.2) is 47.7 Å². The van der Waals surface area contributed by atoms with E-state index in [0.717, 1.165) is 5.56 Å². The van der Waals surface area contributed by atoms with E-state index >= 15 is 0 Å². The Labute approximate surface area is 178 Å². The third-order valence-electron chi connectivity index (χ3n) is 4.38. The summed E-state index contributed by atoms with van der Waals surface area (Å²) >= 11 is 0. The molecule has 30 heavy (non-hydrogen) atoms. The molecular weight excluding hydrogens is 382 g/mol. The second-order valence-corrected chi connectivity index (χ2v) is 8.22. The van der Waals surface area contributed by atoms with Crippen LogP contribution in [0.25, 0.3) is 0 Å². The fourth-order valence-corrected chi connectivity index (χ4v) is 3.07. The van der Waals surface area contributed by atoms with E-state index in [2.05, 4.69) is 11.1 Å². The molecule has 0 aliphatic carbocycles. The van der Waals surface area contributed by atoms with Gasteiger partial charge in [0.2, 0.25) is 0 Å². The number of hydrogen-bond acceptors (Lipinski definition) is 7. The Morgan fingerprint density at radius 3 is 2.57 bits per heavy atom. The van der Waals surface area contributed by atoms with Gasteiger partial charge in [0.15, 0.2) is 0 Å². The van der Waals surface area contributed by atoms with Crippen LogP contribution < -0.4 is 16.2 Å². The van der Waals surface area contributed by atoms with Gasteiger partial charge in [0, 0.05) is 31.5 Å². The number of carbonyl (C=O) groups excluding carboxylic acids is 1. The number of likely N-dealkylation sites (tertiary alicyclic amines) is 1. The Balaban J connectivity index is 2.06. The topological polar surface area (TPSA) is 127 Å². The quantitative estimate of drug-likeness (QED) is 0.715. The molecule has 1 aromatic carbocycles. The number of piperidine rings is 1. The summed E-state index contributed by atoms with van der Waals surface area (Å²) in [6.45, 7) is 8.40. The molecule has 1 heterocycles. The molecule has 1 aromatic rings. The van der Waals surface area contributed by atoms with Crippen LogP contribution in [0.2, 0.25) is 0 Å². The van der Waals surface area contributed by atoms with Crippen molar-refractivity contribution in [3.63, 3.8) is 0 Å². The van der Waals surface area contributed by atoms with Crippen LogP contribution in [0.3, 0.4) is 0 Å². The van der Waals surface area contributed by atoms with E-state index in [4.69, 9.17) is 20.9 Å². The Bertz CT molecular complexity index is 841. The van der Waals surface area contributed by atoms with Gasteiger partial charge in [-0.25, -0.2) is 4.79 Å². The fraction of sp³-hybridized carbons (Fsp3) is 0.500. The molecule has 8 heteroatoms. The van der Waals surface area contributed by atoms with Gasteiger partial charge in [0.25, 0.3) is 0 Å². The smallest absolute Gasteiger partial charge is 0.410 e. The molecule has 8 nitrogen and oxygen atoms in total. The van der Waals surface area contributed by atoms with Crippen LogP contribution >= 0.6 is 0 Å². The highest BCUT2D eigenvalue weighted by molar-refractivity contribution is 6.09. The Hall–Kier alpha value is -3.05. The number of rotatable bonds is 5. The highest BCUT2D eigenvalue weighted by atomic mass is 16.6. The van der Waals surface area contributed by atoms with Gasteiger partial charge in [-0.2, -0.15) is 5.26 Å². The molecule has 0 bridgehead atoms. The zero-order chi connectivity index (χ0) is 22.3. The Kier molecular flexibility index (Phi) is 7.84. The first-order valence-electron chi connectivity index (χ1n) is 10.0. The highest BCUT2D eigenvalue weighted by Gasteiger charge is 2.28. The lowest BCUT2D eigenvalue weighted by atomic mass is 10.0. The Morgan fingerprint density at radius 2 is 2.03 bits per heavy atom. The van der Waals surface area contributed by atoms with Crippen molar-refractivity contribution in [1.29, 1.82) is 5.26 Å². The SMILES string of the molecule is CC(N)/N=C(\C=C/N)c1ccc(OC2CCN(C(=O)OC(C)(C)C)CC2)c(C#N)c1. The molecule has 4 N–H and O–H groups in total. The standard InChI is InChI=1S/C22H31N5O3/c1-15(25)26-19(7-10-23)16-5-6-20(17(13-16)14-24)29-18-8-11-27(12-9-18)21(28)30-22(2,3)4/h5-7,10,13,15,18H,8-9,11-12,23,25H2,1-4H3/b10-7-,26-19+. The van der Waals surface area contributed by atoms with E-state index < -0.39 is 11.8 Å². The largest absolute Gasteiger partial charge is 0.489 e. The number of aliphatic imine (C=N–C) groups is 1. The van der Waals surface area contributed by atoms with Gasteiger partial charge < -0.3 is 25.8 Å². The maximum atomic E-state index is 12.2. The Morgan fingerprint density at radius 1 is 1.37 bits per heavy atom. The molecule has 1 atom stereocenters.